The van der Waals surface area contributed by atoms with Crippen molar-refractivity contribution in [2.24, 2.45) is 0 Å². The lowest BCUT2D eigenvalue weighted by molar-refractivity contribution is 0.112. The molecule has 0 radical (unpaired) electrons. The van der Waals surface area contributed by atoms with Gasteiger partial charge in [0.2, 0.25) is 0 Å². The van der Waals surface area contributed by atoms with E-state index in [1.54, 1.807) is 36.4 Å². The predicted molar refractivity (Wildman–Crippen MR) is 59.3 cm³/mol. The summed E-state index contributed by atoms with van der Waals surface area (Å²) in [7, 11) is 0. The number of aryl methyl sites for hydroxylation is 1. The smallest absolute Gasteiger partial charge is 0.150 e. The zero-order chi connectivity index (χ0) is 11.5. The number of carbonyl (C=O) groups excluding carboxylic acids is 1. The molecule has 1 aromatic heterocycles. The van der Waals surface area contributed by atoms with Gasteiger partial charge in [0.1, 0.15) is 23.9 Å². The van der Waals surface area contributed by atoms with Gasteiger partial charge < -0.3 is 9.52 Å². The van der Waals surface area contributed by atoms with Crippen molar-refractivity contribution < 1.29 is 14.3 Å². The summed E-state index contributed by atoms with van der Waals surface area (Å²) in [4.78, 5) is 10.5. The Morgan fingerprint density at radius 2 is 1.88 bits per heavy atom. The summed E-state index contributed by atoms with van der Waals surface area (Å²) in [5, 5.41) is 9.99. The lowest BCUT2D eigenvalue weighted by atomic mass is 10.1. The third-order valence-corrected chi connectivity index (χ3v) is 2.42. The lowest BCUT2D eigenvalue weighted by Crippen LogP contribution is -1.97. The van der Waals surface area contributed by atoms with E-state index in [9.17, 15) is 9.90 Å². The van der Waals surface area contributed by atoms with E-state index in [1.165, 1.54) is 0 Å². The van der Waals surface area contributed by atoms with Crippen molar-refractivity contribution in [2.75, 3.05) is 0 Å². The fourth-order valence-corrected chi connectivity index (χ4v) is 1.52. The largest absolute Gasteiger partial charge is 0.463 e. The number of hydrogen-bond donors (Lipinski definition) is 1. The summed E-state index contributed by atoms with van der Waals surface area (Å²) in [6.45, 7) is 1.83. The molecule has 0 aliphatic carbocycles. The summed E-state index contributed by atoms with van der Waals surface area (Å²) < 4.78 is 5.34. The molecule has 0 unspecified atom stereocenters. The zero-order valence-corrected chi connectivity index (χ0v) is 8.88. The first kappa shape index (κ1) is 10.6. The molecule has 1 atom stereocenters. The maximum Gasteiger partial charge on any atom is 0.150 e. The van der Waals surface area contributed by atoms with Crippen molar-refractivity contribution in [3.8, 4) is 0 Å². The highest BCUT2D eigenvalue weighted by atomic mass is 16.4. The first-order valence-electron chi connectivity index (χ1n) is 5.00. The van der Waals surface area contributed by atoms with Crippen molar-refractivity contribution in [2.45, 2.75) is 13.0 Å². The van der Waals surface area contributed by atoms with Gasteiger partial charge in [0.25, 0.3) is 0 Å². The summed E-state index contributed by atoms with van der Waals surface area (Å²) in [6.07, 6.45) is -0.0119. The van der Waals surface area contributed by atoms with E-state index >= 15 is 0 Å². The van der Waals surface area contributed by atoms with Gasteiger partial charge in [-0.3, -0.25) is 4.79 Å². The molecule has 0 amide bonds. The lowest BCUT2D eigenvalue weighted by Gasteiger charge is -2.07. The zero-order valence-electron chi connectivity index (χ0n) is 8.88. The normalized spacial score (nSPS) is 12.4. The van der Waals surface area contributed by atoms with Crippen molar-refractivity contribution in [1.29, 1.82) is 0 Å². The highest BCUT2D eigenvalue weighted by Crippen LogP contribution is 2.23. The highest BCUT2D eigenvalue weighted by Gasteiger charge is 2.13. The van der Waals surface area contributed by atoms with Crippen molar-refractivity contribution in [3.05, 3.63) is 59.0 Å². The second kappa shape index (κ2) is 4.33. The highest BCUT2D eigenvalue weighted by molar-refractivity contribution is 5.74. The Morgan fingerprint density at radius 3 is 2.38 bits per heavy atom. The monoisotopic (exact) mass is 216 g/mol. The Kier molecular flexibility index (Phi) is 2.88. The van der Waals surface area contributed by atoms with Crippen LogP contribution < -0.4 is 0 Å². The van der Waals surface area contributed by atoms with Crippen LogP contribution in [-0.2, 0) is 0 Å². The summed E-state index contributed by atoms with van der Waals surface area (Å²) in [6, 6.07) is 10.3. The number of carbonyl (C=O) groups is 1. The Morgan fingerprint density at radius 1 is 1.19 bits per heavy atom. The molecule has 82 valence electrons. The second-order valence-electron chi connectivity index (χ2n) is 3.64. The standard InChI is InChI=1S/C13H12O3/c1-9-2-7-12(16-9)13(15)11-5-3-10(8-14)4-6-11/h2-8,13,15H,1H3/t13-/m0/s1. The van der Waals surface area contributed by atoms with Crippen molar-refractivity contribution >= 4 is 6.29 Å². The quantitative estimate of drug-likeness (QED) is 0.802. The molecule has 2 aromatic rings. The van der Waals surface area contributed by atoms with Crippen LogP contribution >= 0.6 is 0 Å². The molecule has 1 N–H and O–H groups in total. The first-order chi connectivity index (χ1) is 7.70. The summed E-state index contributed by atoms with van der Waals surface area (Å²) in [5.74, 6) is 1.27. The Labute approximate surface area is 93.3 Å². The van der Waals surface area contributed by atoms with Crippen LogP contribution in [0.1, 0.15) is 33.5 Å². The molecule has 0 fully saturated rings. The fourth-order valence-electron chi connectivity index (χ4n) is 1.52. The number of hydrogen-bond acceptors (Lipinski definition) is 3. The van der Waals surface area contributed by atoms with E-state index < -0.39 is 6.10 Å². The molecule has 1 heterocycles. The predicted octanol–water partition coefficient (Wildman–Crippen LogP) is 2.48. The Bertz CT molecular complexity index is 482. The van der Waals surface area contributed by atoms with E-state index in [0.717, 1.165) is 12.0 Å². The van der Waals surface area contributed by atoms with Crippen LogP contribution in [0, 0.1) is 6.92 Å². The van der Waals surface area contributed by atoms with Gasteiger partial charge in [-0.15, -0.1) is 0 Å². The third kappa shape index (κ3) is 2.04. The molecule has 3 heteroatoms. The number of aliphatic hydroxyl groups excluding tert-OH is 1. The van der Waals surface area contributed by atoms with E-state index in [0.29, 0.717) is 16.9 Å². The molecule has 0 saturated heterocycles. The van der Waals surface area contributed by atoms with Gasteiger partial charge in [0.15, 0.2) is 0 Å². The molecule has 0 aliphatic heterocycles. The number of benzene rings is 1. The minimum absolute atomic E-state index is 0.511. The van der Waals surface area contributed by atoms with E-state index in [4.69, 9.17) is 4.42 Å². The third-order valence-electron chi connectivity index (χ3n) is 2.42. The van der Waals surface area contributed by atoms with Crippen molar-refractivity contribution in [3.63, 3.8) is 0 Å². The number of aldehydes is 1. The maximum absolute atomic E-state index is 10.5. The topological polar surface area (TPSA) is 50.4 Å². The van der Waals surface area contributed by atoms with Gasteiger partial charge in [0.05, 0.1) is 0 Å². The SMILES string of the molecule is Cc1ccc([C@@H](O)c2ccc(C=O)cc2)o1. The van der Waals surface area contributed by atoms with Crippen LogP contribution in [0.5, 0.6) is 0 Å². The molecule has 0 spiro atoms. The van der Waals surface area contributed by atoms with Crippen LogP contribution in [0.15, 0.2) is 40.8 Å². The molecule has 16 heavy (non-hydrogen) atoms. The van der Waals surface area contributed by atoms with E-state index in [1.807, 2.05) is 6.92 Å². The molecule has 0 bridgehead atoms. The molecule has 1 aromatic carbocycles. The average Bonchev–Trinajstić information content (AvgIpc) is 2.75. The van der Waals surface area contributed by atoms with Gasteiger partial charge in [-0.25, -0.2) is 0 Å². The minimum atomic E-state index is -0.783. The maximum atomic E-state index is 10.5. The summed E-state index contributed by atoms with van der Waals surface area (Å²) in [5.41, 5.74) is 1.30. The first-order valence-corrected chi connectivity index (χ1v) is 5.00. The number of furan rings is 1. The fraction of sp³-hybridized carbons (Fsp3) is 0.154. The van der Waals surface area contributed by atoms with Crippen LogP contribution in [-0.4, -0.2) is 11.4 Å². The molecule has 0 aliphatic rings. The van der Waals surface area contributed by atoms with Gasteiger partial charge in [0, 0.05) is 5.56 Å². The molecule has 0 saturated carbocycles. The van der Waals surface area contributed by atoms with E-state index in [2.05, 4.69) is 0 Å². The molecule has 2 rings (SSSR count). The van der Waals surface area contributed by atoms with Gasteiger partial charge in [-0.05, 0) is 24.6 Å². The molecular formula is C13H12O3. The van der Waals surface area contributed by atoms with Crippen LogP contribution in [0.2, 0.25) is 0 Å². The van der Waals surface area contributed by atoms with Crippen LogP contribution in [0.4, 0.5) is 0 Å². The Balaban J connectivity index is 2.26. The van der Waals surface area contributed by atoms with Gasteiger partial charge >= 0.3 is 0 Å². The second-order valence-corrected chi connectivity index (χ2v) is 3.64. The Hall–Kier alpha value is -1.87. The summed E-state index contributed by atoms with van der Waals surface area (Å²) >= 11 is 0. The van der Waals surface area contributed by atoms with E-state index in [-0.39, 0.29) is 0 Å². The molecule has 3 nitrogen and oxygen atoms in total. The van der Waals surface area contributed by atoms with Gasteiger partial charge in [-0.1, -0.05) is 24.3 Å². The van der Waals surface area contributed by atoms with Crippen LogP contribution in [0.25, 0.3) is 0 Å². The average molecular weight is 216 g/mol. The van der Waals surface area contributed by atoms with Crippen LogP contribution in [0.3, 0.4) is 0 Å². The van der Waals surface area contributed by atoms with Crippen molar-refractivity contribution in [1.82, 2.24) is 0 Å². The number of aliphatic hydroxyl groups is 1. The minimum Gasteiger partial charge on any atom is -0.463 e. The molecular weight excluding hydrogens is 204 g/mol. The van der Waals surface area contributed by atoms with Gasteiger partial charge in [-0.2, -0.15) is 0 Å². The number of rotatable bonds is 3.